The van der Waals surface area contributed by atoms with E-state index in [-0.39, 0.29) is 10.1 Å². The summed E-state index contributed by atoms with van der Waals surface area (Å²) in [7, 11) is 0. The van der Waals surface area contributed by atoms with Gasteiger partial charge in [-0.05, 0) is 0 Å². The summed E-state index contributed by atoms with van der Waals surface area (Å²) in [5.74, 6) is -0.996. The van der Waals surface area contributed by atoms with Gasteiger partial charge in [0.1, 0.15) is 0 Å². The maximum atomic E-state index is 12.0. The third kappa shape index (κ3) is 4.59. The Morgan fingerprint density at radius 3 is 2.38 bits per heavy atom. The van der Waals surface area contributed by atoms with Crippen LogP contribution in [0.15, 0.2) is 54.6 Å². The fourth-order valence-corrected chi connectivity index (χ4v) is 3.79. The van der Waals surface area contributed by atoms with Crippen molar-refractivity contribution in [2.75, 3.05) is 0 Å². The third-order valence-corrected chi connectivity index (χ3v) is 5.31. The zero-order valence-corrected chi connectivity index (χ0v) is 13.8. The van der Waals surface area contributed by atoms with E-state index < -0.39 is 21.7 Å². The molecule has 0 fully saturated rings. The van der Waals surface area contributed by atoms with Crippen molar-refractivity contribution in [1.29, 1.82) is 0 Å². The number of hydrogen-bond donors (Lipinski definition) is 1. The number of benzene rings is 2. The van der Waals surface area contributed by atoms with E-state index >= 15 is 0 Å². The van der Waals surface area contributed by atoms with E-state index in [0.29, 0.717) is 9.37 Å². The molecule has 0 saturated heterocycles. The molecule has 21 heavy (non-hydrogen) atoms. The number of allylic oxidation sites excluding steroid dienone is 1. The Morgan fingerprint density at radius 2 is 1.71 bits per heavy atom. The summed E-state index contributed by atoms with van der Waals surface area (Å²) in [6.07, 6.45) is 3.22. The topological polar surface area (TPSA) is 54.4 Å². The van der Waals surface area contributed by atoms with Crippen LogP contribution < -0.4 is 4.35 Å². The molecule has 0 saturated carbocycles. The van der Waals surface area contributed by atoms with E-state index in [9.17, 15) is 9.59 Å². The number of carboxylic acids is 1. The monoisotopic (exact) mass is 362 g/mol. The van der Waals surface area contributed by atoms with Crippen LogP contribution in [-0.4, -0.2) is 31.4 Å². The molecule has 1 atom stereocenters. The van der Waals surface area contributed by atoms with E-state index in [1.54, 1.807) is 36.4 Å². The van der Waals surface area contributed by atoms with Crippen molar-refractivity contribution >= 4 is 48.3 Å². The van der Waals surface area contributed by atoms with Gasteiger partial charge >= 0.3 is 134 Å². The van der Waals surface area contributed by atoms with Gasteiger partial charge in [0, 0.05) is 0 Å². The van der Waals surface area contributed by atoms with Gasteiger partial charge in [0.05, 0.1) is 0 Å². The van der Waals surface area contributed by atoms with Crippen LogP contribution >= 0.6 is 11.6 Å². The Hall–Kier alpha value is -1.83. The Balaban J connectivity index is 2.08. The Morgan fingerprint density at radius 1 is 1.05 bits per heavy atom. The van der Waals surface area contributed by atoms with Gasteiger partial charge in [-0.1, -0.05) is 0 Å². The Bertz CT molecular complexity index is 693. The summed E-state index contributed by atoms with van der Waals surface area (Å²) < 4.78 is 0.606. The van der Waals surface area contributed by atoms with E-state index in [4.69, 9.17) is 16.7 Å². The molecule has 2 rings (SSSR count). The maximum absolute atomic E-state index is 12.0. The van der Waals surface area contributed by atoms with Crippen molar-refractivity contribution < 1.29 is 14.7 Å². The predicted octanol–water partition coefficient (Wildman–Crippen LogP) is 2.34. The zero-order valence-electron chi connectivity index (χ0n) is 10.9. The minimum atomic E-state index is -1.18. The number of hydrogen-bond acceptors (Lipinski definition) is 2. The average molecular weight is 363 g/mol. The number of carboxylic acid groups (broad SMARTS) is 1. The Kier molecular flexibility index (Phi) is 5.37. The SMILES string of the molecule is O=C(C=Cc1ccc(Cl)cc1)[AsH]c1ccccc1C(=O)O. The van der Waals surface area contributed by atoms with Crippen LogP contribution in [0.5, 0.6) is 0 Å². The van der Waals surface area contributed by atoms with Crippen LogP contribution in [-0.2, 0) is 4.79 Å². The molecule has 0 aromatic heterocycles. The number of carbonyl (C=O) groups excluding carboxylic acids is 1. The van der Waals surface area contributed by atoms with Crippen molar-refractivity contribution in [3.63, 3.8) is 0 Å². The summed E-state index contributed by atoms with van der Waals surface area (Å²) in [5, 5.41) is 9.73. The molecule has 106 valence electrons. The number of rotatable bonds is 5. The fourth-order valence-electron chi connectivity index (χ4n) is 1.70. The van der Waals surface area contributed by atoms with Crippen LogP contribution in [0.25, 0.3) is 6.08 Å². The molecule has 1 unspecified atom stereocenters. The van der Waals surface area contributed by atoms with Crippen molar-refractivity contribution in [2.24, 2.45) is 0 Å². The summed E-state index contributed by atoms with van der Waals surface area (Å²) in [5.41, 5.74) is 1.09. The molecule has 0 bridgehead atoms. The van der Waals surface area contributed by atoms with E-state index in [1.807, 2.05) is 12.1 Å². The van der Waals surface area contributed by atoms with Crippen LogP contribution in [0.3, 0.4) is 0 Å². The van der Waals surface area contributed by atoms with Crippen molar-refractivity contribution in [3.8, 4) is 0 Å². The van der Waals surface area contributed by atoms with Crippen LogP contribution in [0, 0.1) is 0 Å². The summed E-state index contributed by atoms with van der Waals surface area (Å²) >= 11 is 4.61. The molecular formula is C16H12AsClO3. The second kappa shape index (κ2) is 7.26. The molecule has 0 aliphatic carbocycles. The molecule has 2 aromatic rings. The van der Waals surface area contributed by atoms with Gasteiger partial charge in [-0.2, -0.15) is 0 Å². The van der Waals surface area contributed by atoms with Gasteiger partial charge in [0.2, 0.25) is 0 Å². The first-order valence-electron chi connectivity index (χ1n) is 6.13. The molecule has 0 aliphatic heterocycles. The van der Waals surface area contributed by atoms with Crippen molar-refractivity contribution in [2.45, 2.75) is 0 Å². The molecule has 3 nitrogen and oxygen atoms in total. The second-order valence-electron chi connectivity index (χ2n) is 4.22. The van der Waals surface area contributed by atoms with Gasteiger partial charge < -0.3 is 0 Å². The average Bonchev–Trinajstić information content (AvgIpc) is 2.47. The summed E-state index contributed by atoms with van der Waals surface area (Å²) in [6, 6.07) is 13.8. The van der Waals surface area contributed by atoms with Gasteiger partial charge in [-0.3, -0.25) is 0 Å². The molecule has 0 amide bonds. The van der Waals surface area contributed by atoms with Crippen LogP contribution in [0.2, 0.25) is 5.02 Å². The third-order valence-electron chi connectivity index (χ3n) is 2.71. The Labute approximate surface area is 133 Å². The molecule has 2 aromatic carbocycles. The van der Waals surface area contributed by atoms with Gasteiger partial charge in [0.15, 0.2) is 0 Å². The molecule has 0 aliphatic rings. The molecule has 0 spiro atoms. The standard InChI is InChI=1S/C16H12AsClO3/c18-12-8-5-11(6-9-12)7-10-15(19)17-14-4-2-1-3-13(14)16(20)21/h1-10,17H,(H,20,21). The predicted molar refractivity (Wildman–Crippen MR) is 85.7 cm³/mol. The van der Waals surface area contributed by atoms with Gasteiger partial charge in [0.25, 0.3) is 0 Å². The molecule has 0 radical (unpaired) electrons. The fraction of sp³-hybridized carbons (Fsp3) is 0. The number of carbonyl (C=O) groups is 2. The van der Waals surface area contributed by atoms with Crippen molar-refractivity contribution in [3.05, 3.63) is 70.8 Å². The first-order chi connectivity index (χ1) is 10.1. The zero-order chi connectivity index (χ0) is 15.2. The summed E-state index contributed by atoms with van der Waals surface area (Å²) in [4.78, 5) is 23.1. The molecule has 1 N–H and O–H groups in total. The normalized spacial score (nSPS) is 11.3. The summed E-state index contributed by atoms with van der Waals surface area (Å²) in [6.45, 7) is 0. The van der Waals surface area contributed by atoms with Crippen molar-refractivity contribution in [1.82, 2.24) is 0 Å². The molecular weight excluding hydrogens is 351 g/mol. The first kappa shape index (κ1) is 15.6. The quantitative estimate of drug-likeness (QED) is 0.656. The first-order valence-corrected chi connectivity index (χ1v) is 8.61. The van der Waals surface area contributed by atoms with E-state index in [0.717, 1.165) is 5.56 Å². The number of aromatic carboxylic acids is 1. The van der Waals surface area contributed by atoms with E-state index in [2.05, 4.69) is 0 Å². The van der Waals surface area contributed by atoms with Crippen LogP contribution in [0.1, 0.15) is 15.9 Å². The van der Waals surface area contributed by atoms with Crippen LogP contribution in [0.4, 0.5) is 0 Å². The molecule has 0 heterocycles. The van der Waals surface area contributed by atoms with E-state index in [1.165, 1.54) is 12.1 Å². The van der Waals surface area contributed by atoms with Gasteiger partial charge in [-0.25, -0.2) is 0 Å². The van der Waals surface area contributed by atoms with Gasteiger partial charge in [-0.15, -0.1) is 0 Å². The second-order valence-corrected chi connectivity index (χ2v) is 7.35. The minimum absolute atomic E-state index is 0.0290. The number of halogens is 1. The molecule has 5 heteroatoms.